The first kappa shape index (κ1) is 24.4. The van der Waals surface area contributed by atoms with E-state index < -0.39 is 0 Å². The zero-order valence-electron chi connectivity index (χ0n) is 17.4. The van der Waals surface area contributed by atoms with Gasteiger partial charge in [-0.15, -0.1) is 24.0 Å². The van der Waals surface area contributed by atoms with E-state index in [4.69, 9.17) is 4.74 Å². The van der Waals surface area contributed by atoms with Gasteiger partial charge in [-0.25, -0.2) is 4.99 Å². The number of nitrogens with zero attached hydrogens (tertiary/aromatic N) is 3. The molecule has 0 radical (unpaired) electrons. The van der Waals surface area contributed by atoms with Gasteiger partial charge in [0.2, 0.25) is 5.91 Å². The van der Waals surface area contributed by atoms with E-state index in [-0.39, 0.29) is 48.1 Å². The van der Waals surface area contributed by atoms with Gasteiger partial charge in [0.15, 0.2) is 5.96 Å². The van der Waals surface area contributed by atoms with Crippen molar-refractivity contribution in [3.8, 4) is 0 Å². The average molecular weight is 495 g/mol. The first-order chi connectivity index (χ1) is 12.4. The summed E-state index contributed by atoms with van der Waals surface area (Å²) in [5.74, 6) is 0.694. The number of likely N-dealkylation sites (N-methyl/N-ethyl adjacent to an activating group) is 1. The van der Waals surface area contributed by atoms with Crippen LogP contribution >= 0.6 is 24.0 Å². The molecule has 1 unspecified atom stereocenters. The second-order valence-electron chi connectivity index (χ2n) is 8.18. The van der Waals surface area contributed by atoms with Crippen LogP contribution in [0.25, 0.3) is 0 Å². The van der Waals surface area contributed by atoms with E-state index in [0.717, 1.165) is 45.6 Å². The highest BCUT2D eigenvalue weighted by Crippen LogP contribution is 2.19. The Morgan fingerprint density at radius 3 is 2.48 bits per heavy atom. The van der Waals surface area contributed by atoms with Crippen molar-refractivity contribution in [1.29, 1.82) is 0 Å². The van der Waals surface area contributed by atoms with Crippen molar-refractivity contribution in [3.63, 3.8) is 0 Å². The highest BCUT2D eigenvalue weighted by molar-refractivity contribution is 14.0. The minimum absolute atomic E-state index is 0. The van der Waals surface area contributed by atoms with Crippen LogP contribution in [0.1, 0.15) is 46.0 Å². The predicted molar refractivity (Wildman–Crippen MR) is 121 cm³/mol. The molecule has 1 amide bonds. The third kappa shape index (κ3) is 8.51. The van der Waals surface area contributed by atoms with Crippen LogP contribution in [-0.2, 0) is 9.53 Å². The Bertz CT molecular complexity index is 473. The SMILES string of the molecule is CN(C)C(=O)CN=C(NCC1CCCO1)NCC(C)(C)N1CCCCC1.I. The number of rotatable bonds is 7. The fourth-order valence-electron chi connectivity index (χ4n) is 3.39. The molecule has 8 heteroatoms. The van der Waals surface area contributed by atoms with Gasteiger partial charge >= 0.3 is 0 Å². The highest BCUT2D eigenvalue weighted by atomic mass is 127. The van der Waals surface area contributed by atoms with Gasteiger partial charge < -0.3 is 20.3 Å². The van der Waals surface area contributed by atoms with Crippen LogP contribution in [0, 0.1) is 0 Å². The Labute approximate surface area is 181 Å². The van der Waals surface area contributed by atoms with Crippen molar-refractivity contribution in [3.05, 3.63) is 0 Å². The molecule has 158 valence electrons. The summed E-state index contributed by atoms with van der Waals surface area (Å²) >= 11 is 0. The minimum atomic E-state index is -0.00138. The van der Waals surface area contributed by atoms with Gasteiger partial charge in [-0.05, 0) is 52.6 Å². The number of amides is 1. The van der Waals surface area contributed by atoms with Gasteiger partial charge in [-0.1, -0.05) is 6.42 Å². The van der Waals surface area contributed by atoms with E-state index in [1.54, 1.807) is 19.0 Å². The van der Waals surface area contributed by atoms with E-state index in [1.807, 2.05) is 0 Å². The number of hydrogen-bond donors (Lipinski definition) is 2. The van der Waals surface area contributed by atoms with E-state index in [1.165, 1.54) is 19.3 Å². The summed E-state index contributed by atoms with van der Waals surface area (Å²) in [4.78, 5) is 20.5. The summed E-state index contributed by atoms with van der Waals surface area (Å²) in [6.45, 7) is 9.37. The number of nitrogens with one attached hydrogen (secondary N) is 2. The van der Waals surface area contributed by atoms with E-state index >= 15 is 0 Å². The summed E-state index contributed by atoms with van der Waals surface area (Å²) in [6, 6.07) is 0. The molecule has 2 fully saturated rings. The van der Waals surface area contributed by atoms with Gasteiger partial charge in [-0.2, -0.15) is 0 Å². The summed E-state index contributed by atoms with van der Waals surface area (Å²) in [6.07, 6.45) is 6.32. The Hall–Kier alpha value is -0.610. The lowest BCUT2D eigenvalue weighted by Crippen LogP contribution is -2.55. The van der Waals surface area contributed by atoms with Crippen molar-refractivity contribution < 1.29 is 9.53 Å². The lowest BCUT2D eigenvalue weighted by Gasteiger charge is -2.41. The lowest BCUT2D eigenvalue weighted by molar-refractivity contribution is -0.127. The molecule has 2 rings (SSSR count). The first-order valence-electron chi connectivity index (χ1n) is 9.97. The van der Waals surface area contributed by atoms with Crippen LogP contribution in [0.4, 0.5) is 0 Å². The van der Waals surface area contributed by atoms with E-state index in [9.17, 15) is 4.79 Å². The zero-order chi connectivity index (χ0) is 19.0. The number of guanidine groups is 1. The molecule has 7 nitrogen and oxygen atoms in total. The monoisotopic (exact) mass is 495 g/mol. The van der Waals surface area contributed by atoms with Gasteiger partial charge in [0, 0.05) is 39.3 Å². The molecule has 2 saturated heterocycles. The van der Waals surface area contributed by atoms with Gasteiger partial charge in [0.05, 0.1) is 6.10 Å². The number of carbonyl (C=O) groups is 1. The van der Waals surface area contributed by atoms with Gasteiger partial charge in [-0.3, -0.25) is 9.69 Å². The van der Waals surface area contributed by atoms with Gasteiger partial charge in [0.25, 0.3) is 0 Å². The molecule has 2 heterocycles. The zero-order valence-corrected chi connectivity index (χ0v) is 19.8. The molecule has 2 N–H and O–H groups in total. The summed E-state index contributed by atoms with van der Waals surface area (Å²) in [5, 5.41) is 6.80. The molecule has 0 aliphatic carbocycles. The standard InChI is InChI=1S/C19H37N5O2.HI/c1-19(2,24-10-6-5-7-11-24)15-22-18(21-14-17(25)23(3)4)20-13-16-9-8-12-26-16;/h16H,5-15H2,1-4H3,(H2,20,21,22);1H. The Morgan fingerprint density at radius 1 is 1.19 bits per heavy atom. The van der Waals surface area contributed by atoms with Crippen molar-refractivity contribution in [2.45, 2.75) is 57.6 Å². The smallest absolute Gasteiger partial charge is 0.243 e. The van der Waals surface area contributed by atoms with Crippen molar-refractivity contribution in [1.82, 2.24) is 20.4 Å². The summed E-state index contributed by atoms with van der Waals surface area (Å²) in [7, 11) is 3.51. The van der Waals surface area contributed by atoms with Crippen molar-refractivity contribution >= 4 is 35.8 Å². The topological polar surface area (TPSA) is 69.2 Å². The first-order valence-corrected chi connectivity index (χ1v) is 9.97. The fourth-order valence-corrected chi connectivity index (χ4v) is 3.39. The van der Waals surface area contributed by atoms with E-state index in [0.29, 0.717) is 5.96 Å². The molecule has 27 heavy (non-hydrogen) atoms. The Kier molecular flexibility index (Phi) is 10.9. The second kappa shape index (κ2) is 12.1. The molecule has 0 aromatic heterocycles. The predicted octanol–water partition coefficient (Wildman–Crippen LogP) is 1.67. The molecule has 1 atom stereocenters. The van der Waals surface area contributed by atoms with Crippen molar-refractivity contribution in [2.24, 2.45) is 4.99 Å². The average Bonchev–Trinajstić information content (AvgIpc) is 3.15. The third-order valence-corrected chi connectivity index (χ3v) is 5.29. The number of piperidine rings is 1. The molecule has 0 aromatic carbocycles. The number of likely N-dealkylation sites (tertiary alicyclic amines) is 1. The van der Waals surface area contributed by atoms with Crippen molar-refractivity contribution in [2.75, 3.05) is 53.4 Å². The summed E-state index contributed by atoms with van der Waals surface area (Å²) in [5.41, 5.74) is 0.0539. The minimum Gasteiger partial charge on any atom is -0.376 e. The van der Waals surface area contributed by atoms with Crippen LogP contribution in [0.3, 0.4) is 0 Å². The van der Waals surface area contributed by atoms with Crippen LogP contribution in [0.2, 0.25) is 0 Å². The maximum absolute atomic E-state index is 11.9. The normalized spacial score (nSPS) is 21.5. The molecule has 0 spiro atoms. The molecule has 2 aliphatic rings. The molecular weight excluding hydrogens is 457 g/mol. The van der Waals surface area contributed by atoms with Crippen LogP contribution in [0.15, 0.2) is 4.99 Å². The van der Waals surface area contributed by atoms with E-state index in [2.05, 4.69) is 34.4 Å². The number of halogens is 1. The Balaban J connectivity index is 0.00000364. The molecular formula is C19H38IN5O2. The van der Waals surface area contributed by atoms with Crippen LogP contribution in [0.5, 0.6) is 0 Å². The fraction of sp³-hybridized carbons (Fsp3) is 0.895. The lowest BCUT2D eigenvalue weighted by atomic mass is 9.98. The highest BCUT2D eigenvalue weighted by Gasteiger charge is 2.28. The molecule has 0 saturated carbocycles. The number of ether oxygens (including phenoxy) is 1. The van der Waals surface area contributed by atoms with Crippen LogP contribution in [-0.4, -0.2) is 86.7 Å². The third-order valence-electron chi connectivity index (χ3n) is 5.29. The molecule has 2 aliphatic heterocycles. The molecule has 0 aromatic rings. The number of carbonyl (C=O) groups excluding carboxylic acids is 1. The molecule has 0 bridgehead atoms. The second-order valence-corrected chi connectivity index (χ2v) is 8.18. The maximum atomic E-state index is 11.9. The maximum Gasteiger partial charge on any atom is 0.243 e. The van der Waals surface area contributed by atoms with Gasteiger partial charge in [0.1, 0.15) is 6.54 Å². The largest absolute Gasteiger partial charge is 0.376 e. The van der Waals surface area contributed by atoms with Crippen LogP contribution < -0.4 is 10.6 Å². The quantitative estimate of drug-likeness (QED) is 0.320. The number of aliphatic imine (C=N–C) groups is 1. The Morgan fingerprint density at radius 2 is 1.89 bits per heavy atom. The summed E-state index contributed by atoms with van der Waals surface area (Å²) < 4.78 is 5.68. The number of hydrogen-bond acceptors (Lipinski definition) is 4.